The van der Waals surface area contributed by atoms with E-state index in [-0.39, 0.29) is 0 Å². The third-order valence-electron chi connectivity index (χ3n) is 1.74. The number of halogens is 1. The van der Waals surface area contributed by atoms with Crippen LogP contribution in [0.25, 0.3) is 10.2 Å². The molecule has 0 aliphatic heterocycles. The summed E-state index contributed by atoms with van der Waals surface area (Å²) in [5.41, 5.74) is 1.20. The number of fused-ring (bicyclic) bond motifs is 1. The van der Waals surface area contributed by atoms with Crippen molar-refractivity contribution in [2.24, 2.45) is 0 Å². The van der Waals surface area contributed by atoms with E-state index in [4.69, 9.17) is 11.6 Å². The summed E-state index contributed by atoms with van der Waals surface area (Å²) in [4.78, 5) is 15.2. The van der Waals surface area contributed by atoms with Gasteiger partial charge in [0, 0.05) is 0 Å². The zero-order valence-corrected chi connectivity index (χ0v) is 8.45. The molecule has 1 heterocycles. The maximum atomic E-state index is 11.0. The van der Waals surface area contributed by atoms with Crippen LogP contribution in [0.15, 0.2) is 18.2 Å². The lowest BCUT2D eigenvalue weighted by Gasteiger charge is -1.93. The number of carbonyl (C=O) groups is 1. The number of carbonyl (C=O) groups excluding carboxylic acids is 1. The molecule has 1 aromatic heterocycles. The number of aryl methyl sites for hydroxylation is 1. The van der Waals surface area contributed by atoms with Crippen LogP contribution in [-0.2, 0) is 0 Å². The van der Waals surface area contributed by atoms with Gasteiger partial charge in [0.1, 0.15) is 0 Å². The van der Waals surface area contributed by atoms with E-state index >= 15 is 0 Å². The smallest absolute Gasteiger partial charge is 0.254 e. The molecule has 66 valence electrons. The van der Waals surface area contributed by atoms with Crippen molar-refractivity contribution in [1.82, 2.24) is 4.98 Å². The van der Waals surface area contributed by atoms with Crippen molar-refractivity contribution in [2.75, 3.05) is 0 Å². The van der Waals surface area contributed by atoms with Gasteiger partial charge in [-0.25, -0.2) is 4.98 Å². The van der Waals surface area contributed by atoms with Crippen LogP contribution in [0.3, 0.4) is 0 Å². The predicted octanol–water partition coefficient (Wildman–Crippen LogP) is 2.98. The Bertz CT molecular complexity index is 477. The van der Waals surface area contributed by atoms with Crippen molar-refractivity contribution in [3.05, 3.63) is 28.8 Å². The number of hydrogen-bond donors (Lipinski definition) is 0. The SMILES string of the molecule is Cc1nc2c(C(=O)Cl)cccc2s1. The molecule has 0 spiro atoms. The highest BCUT2D eigenvalue weighted by molar-refractivity contribution is 7.18. The van der Waals surface area contributed by atoms with Crippen LogP contribution in [0.5, 0.6) is 0 Å². The number of benzene rings is 1. The lowest BCUT2D eigenvalue weighted by atomic mass is 10.2. The van der Waals surface area contributed by atoms with E-state index in [0.717, 1.165) is 9.71 Å². The average Bonchev–Trinajstić information content (AvgIpc) is 2.43. The van der Waals surface area contributed by atoms with Gasteiger partial charge in [-0.1, -0.05) is 6.07 Å². The first-order valence-corrected chi connectivity index (χ1v) is 4.94. The van der Waals surface area contributed by atoms with Crippen molar-refractivity contribution >= 4 is 38.4 Å². The molecule has 0 bridgehead atoms. The molecular weight excluding hydrogens is 206 g/mol. The van der Waals surface area contributed by atoms with Gasteiger partial charge in [0.2, 0.25) is 0 Å². The summed E-state index contributed by atoms with van der Waals surface area (Å²) in [6.07, 6.45) is 0. The summed E-state index contributed by atoms with van der Waals surface area (Å²) in [6, 6.07) is 5.44. The van der Waals surface area contributed by atoms with Crippen molar-refractivity contribution in [3.63, 3.8) is 0 Å². The number of aromatic nitrogens is 1. The van der Waals surface area contributed by atoms with Crippen molar-refractivity contribution < 1.29 is 4.79 Å². The second-order valence-electron chi connectivity index (χ2n) is 2.66. The Hall–Kier alpha value is -0.930. The molecule has 0 saturated heterocycles. The number of nitrogens with zero attached hydrogens (tertiary/aromatic N) is 1. The van der Waals surface area contributed by atoms with Crippen LogP contribution in [-0.4, -0.2) is 10.2 Å². The van der Waals surface area contributed by atoms with E-state index in [2.05, 4.69) is 4.98 Å². The van der Waals surface area contributed by atoms with Crippen LogP contribution < -0.4 is 0 Å². The average molecular weight is 212 g/mol. The molecule has 13 heavy (non-hydrogen) atoms. The monoisotopic (exact) mass is 211 g/mol. The molecule has 0 N–H and O–H groups in total. The molecule has 4 heteroatoms. The molecule has 0 unspecified atom stereocenters. The van der Waals surface area contributed by atoms with E-state index in [9.17, 15) is 4.79 Å². The van der Waals surface area contributed by atoms with E-state index < -0.39 is 5.24 Å². The molecule has 2 nitrogen and oxygen atoms in total. The van der Waals surface area contributed by atoms with Gasteiger partial charge in [-0.05, 0) is 30.7 Å². The first-order chi connectivity index (χ1) is 6.18. The fraction of sp³-hybridized carbons (Fsp3) is 0.111. The van der Waals surface area contributed by atoms with Crippen LogP contribution in [0.2, 0.25) is 0 Å². The number of thiazole rings is 1. The predicted molar refractivity (Wildman–Crippen MR) is 54.5 cm³/mol. The second kappa shape index (κ2) is 3.09. The van der Waals surface area contributed by atoms with E-state index in [0.29, 0.717) is 11.1 Å². The molecule has 1 aromatic carbocycles. The topological polar surface area (TPSA) is 30.0 Å². The number of para-hydroxylation sites is 1. The van der Waals surface area contributed by atoms with E-state index in [1.807, 2.05) is 19.1 Å². The largest absolute Gasteiger partial charge is 0.276 e. The Morgan fingerprint density at radius 1 is 1.54 bits per heavy atom. The Labute approximate surface area is 84.2 Å². The normalized spacial score (nSPS) is 10.6. The van der Waals surface area contributed by atoms with Gasteiger partial charge < -0.3 is 0 Å². The van der Waals surface area contributed by atoms with Crippen LogP contribution in [0.1, 0.15) is 15.4 Å². The second-order valence-corrected chi connectivity index (χ2v) is 4.24. The maximum Gasteiger partial charge on any atom is 0.254 e. The zero-order valence-electron chi connectivity index (χ0n) is 6.87. The molecule has 2 rings (SSSR count). The first-order valence-electron chi connectivity index (χ1n) is 3.74. The Balaban J connectivity index is 2.82. The summed E-state index contributed by atoms with van der Waals surface area (Å²) in [7, 11) is 0. The van der Waals surface area contributed by atoms with Gasteiger partial charge in [0.05, 0.1) is 20.8 Å². The minimum absolute atomic E-state index is 0.448. The van der Waals surface area contributed by atoms with E-state index in [1.54, 1.807) is 17.4 Å². The lowest BCUT2D eigenvalue weighted by Crippen LogP contribution is -1.89. The van der Waals surface area contributed by atoms with E-state index in [1.165, 1.54) is 0 Å². The molecule has 2 aromatic rings. The summed E-state index contributed by atoms with van der Waals surface area (Å²) in [5.74, 6) is 0. The molecular formula is C9H6ClNOS. The fourth-order valence-electron chi connectivity index (χ4n) is 1.22. The third kappa shape index (κ3) is 1.45. The van der Waals surface area contributed by atoms with Crippen LogP contribution in [0.4, 0.5) is 0 Å². The standard InChI is InChI=1S/C9H6ClNOS/c1-5-11-8-6(9(10)12)3-2-4-7(8)13-5/h2-4H,1H3. The zero-order chi connectivity index (χ0) is 9.42. The molecule has 0 fully saturated rings. The van der Waals surface area contributed by atoms with Gasteiger partial charge in [-0.15, -0.1) is 11.3 Å². The minimum atomic E-state index is -0.448. The molecule has 0 amide bonds. The highest BCUT2D eigenvalue weighted by Crippen LogP contribution is 2.25. The lowest BCUT2D eigenvalue weighted by molar-refractivity contribution is 0.108. The van der Waals surface area contributed by atoms with Gasteiger partial charge in [-0.3, -0.25) is 4.79 Å². The van der Waals surface area contributed by atoms with Gasteiger partial charge in [0.25, 0.3) is 5.24 Å². The summed E-state index contributed by atoms with van der Waals surface area (Å²) >= 11 is 6.98. The third-order valence-corrected chi connectivity index (χ3v) is 2.88. The highest BCUT2D eigenvalue weighted by Gasteiger charge is 2.09. The Morgan fingerprint density at radius 3 is 3.00 bits per heavy atom. The molecule has 0 aliphatic rings. The van der Waals surface area contributed by atoms with Gasteiger partial charge in [0.15, 0.2) is 0 Å². The summed E-state index contributed by atoms with van der Waals surface area (Å²) in [5, 5.41) is 0.497. The van der Waals surface area contributed by atoms with Crippen molar-refractivity contribution in [1.29, 1.82) is 0 Å². The maximum absolute atomic E-state index is 11.0. The first kappa shape index (κ1) is 8.66. The minimum Gasteiger partial charge on any atom is -0.276 e. The Morgan fingerprint density at radius 2 is 2.31 bits per heavy atom. The quantitative estimate of drug-likeness (QED) is 0.679. The fourth-order valence-corrected chi connectivity index (χ4v) is 2.22. The number of rotatable bonds is 1. The Kier molecular flexibility index (Phi) is 2.06. The summed E-state index contributed by atoms with van der Waals surface area (Å²) < 4.78 is 1.00. The van der Waals surface area contributed by atoms with Gasteiger partial charge >= 0.3 is 0 Å². The van der Waals surface area contributed by atoms with Crippen molar-refractivity contribution in [2.45, 2.75) is 6.92 Å². The molecule has 0 atom stereocenters. The van der Waals surface area contributed by atoms with Gasteiger partial charge in [-0.2, -0.15) is 0 Å². The number of hydrogen-bond acceptors (Lipinski definition) is 3. The summed E-state index contributed by atoms with van der Waals surface area (Å²) in [6.45, 7) is 1.91. The molecule has 0 radical (unpaired) electrons. The van der Waals surface area contributed by atoms with Crippen LogP contribution >= 0.6 is 22.9 Å². The molecule has 0 saturated carbocycles. The highest BCUT2D eigenvalue weighted by atomic mass is 35.5. The van der Waals surface area contributed by atoms with Crippen molar-refractivity contribution in [3.8, 4) is 0 Å². The van der Waals surface area contributed by atoms with Crippen LogP contribution in [0, 0.1) is 6.92 Å². The molecule has 0 aliphatic carbocycles.